The number of hydrogen-bond donors (Lipinski definition) is 1. The van der Waals surface area contributed by atoms with Gasteiger partial charge in [0.2, 0.25) is 6.79 Å². The van der Waals surface area contributed by atoms with E-state index in [1.54, 1.807) is 0 Å². The average molecular weight is 285 g/mol. The second-order valence-electron chi connectivity index (χ2n) is 5.63. The Bertz CT molecular complexity index is 455. The van der Waals surface area contributed by atoms with E-state index in [1.165, 1.54) is 12.0 Å². The second kappa shape index (κ2) is 5.57. The van der Waals surface area contributed by atoms with Gasteiger partial charge in [0, 0.05) is 18.7 Å². The molecule has 0 radical (unpaired) electrons. The molecule has 0 saturated carbocycles. The first-order valence-electron chi connectivity index (χ1n) is 6.50. The summed E-state index contributed by atoms with van der Waals surface area (Å²) in [6, 6.07) is 6.10. The second-order valence-corrected chi connectivity index (χ2v) is 5.63. The largest absolute Gasteiger partial charge is 0.454 e. The fraction of sp³-hybridized carbons (Fsp3) is 0.571. The van der Waals surface area contributed by atoms with Crippen molar-refractivity contribution < 1.29 is 9.47 Å². The summed E-state index contributed by atoms with van der Waals surface area (Å²) < 4.78 is 10.9. The molecule has 2 aliphatic heterocycles. The van der Waals surface area contributed by atoms with Crippen LogP contribution >= 0.6 is 12.4 Å². The third-order valence-corrected chi connectivity index (χ3v) is 4.00. The molecule has 0 amide bonds. The maximum Gasteiger partial charge on any atom is 0.231 e. The summed E-state index contributed by atoms with van der Waals surface area (Å²) >= 11 is 0. The minimum atomic E-state index is 0. The zero-order valence-corrected chi connectivity index (χ0v) is 12.0. The van der Waals surface area contributed by atoms with Crippen LogP contribution in [0.15, 0.2) is 18.2 Å². The summed E-state index contributed by atoms with van der Waals surface area (Å²) in [5.41, 5.74) is 7.33. The van der Waals surface area contributed by atoms with Gasteiger partial charge in [0.15, 0.2) is 11.5 Å². The van der Waals surface area contributed by atoms with Crippen molar-refractivity contribution in [3.05, 3.63) is 23.8 Å². The molecule has 2 heterocycles. The Balaban J connectivity index is 0.00000133. The number of nitrogens with two attached hydrogens (primary N) is 1. The first-order chi connectivity index (χ1) is 8.70. The lowest BCUT2D eigenvalue weighted by Gasteiger charge is -2.22. The molecule has 4 nitrogen and oxygen atoms in total. The quantitative estimate of drug-likeness (QED) is 0.922. The third-order valence-electron chi connectivity index (χ3n) is 4.00. The smallest absolute Gasteiger partial charge is 0.231 e. The van der Waals surface area contributed by atoms with Gasteiger partial charge in [0.25, 0.3) is 0 Å². The van der Waals surface area contributed by atoms with Gasteiger partial charge in [-0.25, -0.2) is 0 Å². The van der Waals surface area contributed by atoms with Crippen LogP contribution in [0.2, 0.25) is 0 Å². The summed E-state index contributed by atoms with van der Waals surface area (Å²) in [5, 5.41) is 0. The lowest BCUT2D eigenvalue weighted by molar-refractivity contribution is 0.172. The predicted octanol–water partition coefficient (Wildman–Crippen LogP) is 2.01. The lowest BCUT2D eigenvalue weighted by Crippen LogP contribution is -2.31. The first kappa shape index (κ1) is 14.4. The summed E-state index contributed by atoms with van der Waals surface area (Å²) in [6.07, 6.45) is 1.18. The summed E-state index contributed by atoms with van der Waals surface area (Å²) in [4.78, 5) is 2.45. The summed E-state index contributed by atoms with van der Waals surface area (Å²) in [5.74, 6) is 1.78. The van der Waals surface area contributed by atoms with E-state index in [4.69, 9.17) is 15.2 Å². The molecule has 19 heavy (non-hydrogen) atoms. The van der Waals surface area contributed by atoms with Crippen LogP contribution in [0.5, 0.6) is 11.5 Å². The Kier molecular flexibility index (Phi) is 4.23. The molecule has 0 spiro atoms. The molecule has 3 rings (SSSR count). The number of para-hydroxylation sites is 1. The highest BCUT2D eigenvalue weighted by Gasteiger charge is 2.33. The number of nitrogens with zero attached hydrogens (tertiary/aromatic N) is 1. The van der Waals surface area contributed by atoms with Crippen molar-refractivity contribution in [1.82, 2.24) is 4.90 Å². The molecular weight excluding hydrogens is 264 g/mol. The van der Waals surface area contributed by atoms with E-state index in [9.17, 15) is 0 Å². The number of likely N-dealkylation sites (tertiary alicyclic amines) is 1. The van der Waals surface area contributed by atoms with E-state index in [-0.39, 0.29) is 17.8 Å². The van der Waals surface area contributed by atoms with Gasteiger partial charge in [-0.3, -0.25) is 4.90 Å². The van der Waals surface area contributed by atoms with Crippen LogP contribution in [-0.2, 0) is 6.54 Å². The average Bonchev–Trinajstić information content (AvgIpc) is 2.98. The molecule has 2 aliphatic rings. The SMILES string of the molecule is CC1(CN)CCN(Cc2cccc3c2OCO3)C1.Cl. The van der Waals surface area contributed by atoms with Crippen molar-refractivity contribution in [2.75, 3.05) is 26.4 Å². The Hall–Kier alpha value is -0.970. The van der Waals surface area contributed by atoms with E-state index in [0.717, 1.165) is 37.7 Å². The zero-order valence-electron chi connectivity index (χ0n) is 11.2. The van der Waals surface area contributed by atoms with Crippen LogP contribution < -0.4 is 15.2 Å². The Labute approximate surface area is 120 Å². The van der Waals surface area contributed by atoms with Crippen LogP contribution in [0.3, 0.4) is 0 Å². The van der Waals surface area contributed by atoms with Crippen molar-refractivity contribution in [2.24, 2.45) is 11.1 Å². The molecule has 1 atom stereocenters. The number of fused-ring (bicyclic) bond motifs is 1. The van der Waals surface area contributed by atoms with Crippen LogP contribution in [0.25, 0.3) is 0 Å². The number of halogens is 1. The molecule has 1 aromatic rings. The maximum absolute atomic E-state index is 5.84. The third kappa shape index (κ3) is 2.81. The molecule has 0 aromatic heterocycles. The Morgan fingerprint density at radius 3 is 2.95 bits per heavy atom. The van der Waals surface area contributed by atoms with Gasteiger partial charge in [-0.05, 0) is 31.0 Å². The maximum atomic E-state index is 5.84. The molecule has 106 valence electrons. The van der Waals surface area contributed by atoms with Gasteiger partial charge >= 0.3 is 0 Å². The molecule has 1 unspecified atom stereocenters. The molecular formula is C14H21ClN2O2. The highest BCUT2D eigenvalue weighted by molar-refractivity contribution is 5.85. The van der Waals surface area contributed by atoms with Crippen LogP contribution in [-0.4, -0.2) is 31.3 Å². The molecule has 0 aliphatic carbocycles. The van der Waals surface area contributed by atoms with Gasteiger partial charge in [-0.15, -0.1) is 12.4 Å². The molecule has 1 saturated heterocycles. The molecule has 5 heteroatoms. The standard InChI is InChI=1S/C14H20N2O2.ClH/c1-14(8-15)5-6-16(9-14)7-11-3-2-4-12-13(11)18-10-17-12;/h2-4H,5-10,15H2,1H3;1H. The first-order valence-corrected chi connectivity index (χ1v) is 6.50. The molecule has 1 fully saturated rings. The van der Waals surface area contributed by atoms with Crippen molar-refractivity contribution in [3.63, 3.8) is 0 Å². The van der Waals surface area contributed by atoms with Gasteiger partial charge in [-0.2, -0.15) is 0 Å². The summed E-state index contributed by atoms with van der Waals surface area (Å²) in [6.45, 7) is 6.46. The Morgan fingerprint density at radius 2 is 2.21 bits per heavy atom. The van der Waals surface area contributed by atoms with Crippen molar-refractivity contribution >= 4 is 12.4 Å². The number of rotatable bonds is 3. The number of benzene rings is 1. The molecule has 1 aromatic carbocycles. The van der Waals surface area contributed by atoms with Gasteiger partial charge in [-0.1, -0.05) is 19.1 Å². The fourth-order valence-electron chi connectivity index (χ4n) is 2.78. The highest BCUT2D eigenvalue weighted by Crippen LogP contribution is 2.37. The summed E-state index contributed by atoms with van der Waals surface area (Å²) in [7, 11) is 0. The lowest BCUT2D eigenvalue weighted by atomic mass is 9.90. The zero-order chi connectivity index (χ0) is 12.6. The van der Waals surface area contributed by atoms with E-state index in [0.29, 0.717) is 6.79 Å². The van der Waals surface area contributed by atoms with Crippen molar-refractivity contribution in [3.8, 4) is 11.5 Å². The van der Waals surface area contributed by atoms with E-state index >= 15 is 0 Å². The van der Waals surface area contributed by atoms with Gasteiger partial charge in [0.1, 0.15) is 0 Å². The number of ether oxygens (including phenoxy) is 2. The van der Waals surface area contributed by atoms with Gasteiger partial charge < -0.3 is 15.2 Å². The fourth-order valence-corrected chi connectivity index (χ4v) is 2.78. The van der Waals surface area contributed by atoms with E-state index in [1.807, 2.05) is 12.1 Å². The van der Waals surface area contributed by atoms with Crippen LogP contribution in [0, 0.1) is 5.41 Å². The van der Waals surface area contributed by atoms with E-state index in [2.05, 4.69) is 17.9 Å². The number of hydrogen-bond acceptors (Lipinski definition) is 4. The normalized spacial score (nSPS) is 25.4. The van der Waals surface area contributed by atoms with Crippen LogP contribution in [0.1, 0.15) is 18.9 Å². The van der Waals surface area contributed by atoms with Gasteiger partial charge in [0.05, 0.1) is 0 Å². The monoisotopic (exact) mass is 284 g/mol. The minimum Gasteiger partial charge on any atom is -0.454 e. The van der Waals surface area contributed by atoms with Crippen LogP contribution in [0.4, 0.5) is 0 Å². The topological polar surface area (TPSA) is 47.7 Å². The van der Waals surface area contributed by atoms with Crippen molar-refractivity contribution in [1.29, 1.82) is 0 Å². The van der Waals surface area contributed by atoms with E-state index < -0.39 is 0 Å². The minimum absolute atomic E-state index is 0. The Morgan fingerprint density at radius 1 is 1.37 bits per heavy atom. The van der Waals surface area contributed by atoms with Crippen molar-refractivity contribution in [2.45, 2.75) is 19.9 Å². The molecule has 0 bridgehead atoms. The predicted molar refractivity (Wildman–Crippen MR) is 76.9 cm³/mol. The highest BCUT2D eigenvalue weighted by atomic mass is 35.5. The molecule has 2 N–H and O–H groups in total.